The van der Waals surface area contributed by atoms with Crippen LogP contribution in [-0.2, 0) is 11.3 Å². The number of halogens is 1. The Labute approximate surface area is 162 Å². The Morgan fingerprint density at radius 3 is 2.64 bits per heavy atom. The molecule has 138 valence electrons. The molecule has 0 fully saturated rings. The predicted molar refractivity (Wildman–Crippen MR) is 109 cm³/mol. The van der Waals surface area contributed by atoms with E-state index in [9.17, 15) is 9.18 Å². The maximum absolute atomic E-state index is 13.7. The van der Waals surface area contributed by atoms with E-state index in [0.29, 0.717) is 13.0 Å². The largest absolute Gasteiger partial charge is 0.343 e. The summed E-state index contributed by atoms with van der Waals surface area (Å²) in [4.78, 5) is 12.5. The van der Waals surface area contributed by atoms with E-state index in [1.807, 2.05) is 36.4 Å². The molecular weight excluding hydrogens is 351 g/mol. The number of nitrogens with zero attached hydrogens (tertiary/aromatic N) is 1. The molecule has 4 aromatic rings. The molecule has 0 bridgehead atoms. The molecule has 0 saturated carbocycles. The molecule has 1 amide bonds. The van der Waals surface area contributed by atoms with Gasteiger partial charge in [0.25, 0.3) is 0 Å². The molecule has 28 heavy (non-hydrogen) atoms. The van der Waals surface area contributed by atoms with Crippen LogP contribution in [0.5, 0.6) is 0 Å². The standard InChI is InChI=1S/C24H19FN2O/c25-18-9-4-6-16(12-18)14-27-15-20-19(17-7-2-1-3-8-17)13-23(28)26-21-10-5-11-22(27)24(20)21/h1-12,15,19H,13-14H2,(H,26,28)/t19-/m0/s1. The molecule has 3 nitrogen and oxygen atoms in total. The lowest BCUT2D eigenvalue weighted by atomic mass is 9.89. The summed E-state index contributed by atoms with van der Waals surface area (Å²) in [6.45, 7) is 0.577. The Hall–Kier alpha value is -3.40. The lowest BCUT2D eigenvalue weighted by Gasteiger charge is -2.14. The topological polar surface area (TPSA) is 34.0 Å². The van der Waals surface area contributed by atoms with Crippen LogP contribution >= 0.6 is 0 Å². The second-order valence-electron chi connectivity index (χ2n) is 7.26. The van der Waals surface area contributed by atoms with Crippen molar-refractivity contribution in [2.45, 2.75) is 18.9 Å². The Kier molecular flexibility index (Phi) is 3.97. The Balaban J connectivity index is 1.69. The van der Waals surface area contributed by atoms with E-state index in [0.717, 1.165) is 33.3 Å². The fourth-order valence-electron chi connectivity index (χ4n) is 4.20. The van der Waals surface area contributed by atoms with E-state index in [-0.39, 0.29) is 17.6 Å². The van der Waals surface area contributed by atoms with Crippen molar-refractivity contribution < 1.29 is 9.18 Å². The molecular formula is C24H19FN2O. The van der Waals surface area contributed by atoms with Gasteiger partial charge in [-0.05, 0) is 41.0 Å². The number of anilines is 1. The lowest BCUT2D eigenvalue weighted by molar-refractivity contribution is -0.116. The number of nitrogens with one attached hydrogen (secondary N) is 1. The van der Waals surface area contributed by atoms with Crippen LogP contribution in [0.2, 0.25) is 0 Å². The third-order valence-electron chi connectivity index (χ3n) is 5.42. The minimum atomic E-state index is -0.231. The SMILES string of the molecule is O=C1C[C@@H](c2ccccc2)c2cn(Cc3cccc(F)c3)c3cccc(c23)N1. The fourth-order valence-corrected chi connectivity index (χ4v) is 4.20. The highest BCUT2D eigenvalue weighted by molar-refractivity contribution is 6.06. The number of amides is 1. The van der Waals surface area contributed by atoms with Crippen LogP contribution in [0.3, 0.4) is 0 Å². The van der Waals surface area contributed by atoms with Crippen molar-refractivity contribution in [1.29, 1.82) is 0 Å². The summed E-state index contributed by atoms with van der Waals surface area (Å²) in [5, 5.41) is 4.13. The molecule has 0 radical (unpaired) electrons. The second-order valence-corrected chi connectivity index (χ2v) is 7.26. The van der Waals surface area contributed by atoms with Crippen LogP contribution in [0, 0.1) is 5.82 Å². The summed E-state index contributed by atoms with van der Waals surface area (Å²) in [7, 11) is 0. The van der Waals surface area contributed by atoms with Gasteiger partial charge in [0.05, 0.1) is 11.2 Å². The molecule has 1 aromatic heterocycles. The summed E-state index contributed by atoms with van der Waals surface area (Å²) in [6.07, 6.45) is 2.52. The maximum atomic E-state index is 13.7. The fraction of sp³-hybridized carbons (Fsp3) is 0.125. The van der Waals surface area contributed by atoms with Gasteiger partial charge in [-0.3, -0.25) is 4.79 Å². The first-order chi connectivity index (χ1) is 13.7. The van der Waals surface area contributed by atoms with Crippen LogP contribution < -0.4 is 5.32 Å². The number of carbonyl (C=O) groups excluding carboxylic acids is 1. The lowest BCUT2D eigenvalue weighted by Crippen LogP contribution is -2.13. The summed E-state index contributed by atoms with van der Waals surface area (Å²) in [5.41, 5.74) is 5.05. The highest BCUT2D eigenvalue weighted by atomic mass is 19.1. The Morgan fingerprint density at radius 2 is 1.82 bits per heavy atom. The molecule has 4 heteroatoms. The van der Waals surface area contributed by atoms with Gasteiger partial charge in [-0.25, -0.2) is 4.39 Å². The minimum absolute atomic E-state index is 0.0129. The normalized spacial score (nSPS) is 16.0. The van der Waals surface area contributed by atoms with Crippen molar-refractivity contribution in [3.63, 3.8) is 0 Å². The van der Waals surface area contributed by atoms with Gasteiger partial charge in [0.2, 0.25) is 5.91 Å². The van der Waals surface area contributed by atoms with Crippen molar-refractivity contribution in [2.24, 2.45) is 0 Å². The zero-order valence-corrected chi connectivity index (χ0v) is 15.2. The smallest absolute Gasteiger partial charge is 0.225 e. The predicted octanol–water partition coefficient (Wildman–Crippen LogP) is 5.30. The van der Waals surface area contributed by atoms with Gasteiger partial charge in [-0.15, -0.1) is 0 Å². The molecule has 1 aliphatic heterocycles. The monoisotopic (exact) mass is 370 g/mol. The van der Waals surface area contributed by atoms with E-state index in [4.69, 9.17) is 0 Å². The van der Waals surface area contributed by atoms with E-state index >= 15 is 0 Å². The highest BCUT2D eigenvalue weighted by Crippen LogP contribution is 2.40. The minimum Gasteiger partial charge on any atom is -0.343 e. The van der Waals surface area contributed by atoms with Crippen molar-refractivity contribution in [3.05, 3.63) is 102 Å². The summed E-state index contributed by atoms with van der Waals surface area (Å²) in [6, 6.07) is 22.8. The van der Waals surface area contributed by atoms with Gasteiger partial charge in [0, 0.05) is 30.5 Å². The maximum Gasteiger partial charge on any atom is 0.225 e. The van der Waals surface area contributed by atoms with Gasteiger partial charge >= 0.3 is 0 Å². The molecule has 0 aliphatic carbocycles. The summed E-state index contributed by atoms with van der Waals surface area (Å²) < 4.78 is 15.8. The first-order valence-corrected chi connectivity index (χ1v) is 9.40. The van der Waals surface area contributed by atoms with Crippen molar-refractivity contribution in [3.8, 4) is 0 Å². The zero-order chi connectivity index (χ0) is 19.1. The quantitative estimate of drug-likeness (QED) is 0.521. The van der Waals surface area contributed by atoms with Gasteiger partial charge in [-0.1, -0.05) is 48.5 Å². The summed E-state index contributed by atoms with van der Waals surface area (Å²) >= 11 is 0. The number of aromatic nitrogens is 1. The van der Waals surface area contributed by atoms with Crippen LogP contribution in [0.4, 0.5) is 10.1 Å². The highest BCUT2D eigenvalue weighted by Gasteiger charge is 2.27. The third kappa shape index (κ3) is 2.87. The average molecular weight is 370 g/mol. The van der Waals surface area contributed by atoms with Gasteiger partial charge in [0.15, 0.2) is 0 Å². The number of benzene rings is 3. The van der Waals surface area contributed by atoms with Crippen LogP contribution in [-0.4, -0.2) is 10.5 Å². The number of carbonyl (C=O) groups is 1. The molecule has 1 N–H and O–H groups in total. The molecule has 0 saturated heterocycles. The van der Waals surface area contributed by atoms with Gasteiger partial charge in [-0.2, -0.15) is 0 Å². The third-order valence-corrected chi connectivity index (χ3v) is 5.42. The molecule has 2 heterocycles. The molecule has 5 rings (SSSR count). The van der Waals surface area contributed by atoms with E-state index < -0.39 is 0 Å². The molecule has 0 spiro atoms. The van der Waals surface area contributed by atoms with Crippen LogP contribution in [0.25, 0.3) is 10.9 Å². The average Bonchev–Trinajstić information content (AvgIpc) is 2.98. The van der Waals surface area contributed by atoms with E-state index in [1.54, 1.807) is 12.1 Å². The molecule has 1 atom stereocenters. The van der Waals surface area contributed by atoms with E-state index in [1.165, 1.54) is 6.07 Å². The second kappa shape index (κ2) is 6.64. The molecule has 0 unspecified atom stereocenters. The van der Waals surface area contributed by atoms with Gasteiger partial charge in [0.1, 0.15) is 5.82 Å². The first kappa shape index (κ1) is 16.8. The number of rotatable bonds is 3. The first-order valence-electron chi connectivity index (χ1n) is 9.40. The Morgan fingerprint density at radius 1 is 1.00 bits per heavy atom. The Bertz CT molecular complexity index is 1180. The zero-order valence-electron chi connectivity index (χ0n) is 15.2. The van der Waals surface area contributed by atoms with Crippen molar-refractivity contribution >= 4 is 22.5 Å². The van der Waals surface area contributed by atoms with Crippen molar-refractivity contribution in [2.75, 3.05) is 5.32 Å². The van der Waals surface area contributed by atoms with Crippen LogP contribution in [0.15, 0.2) is 79.0 Å². The number of hydrogen-bond donors (Lipinski definition) is 1. The van der Waals surface area contributed by atoms with Crippen LogP contribution in [0.1, 0.15) is 29.0 Å². The summed E-state index contributed by atoms with van der Waals surface area (Å²) in [5.74, 6) is -0.222. The molecule has 3 aromatic carbocycles. The molecule has 1 aliphatic rings. The van der Waals surface area contributed by atoms with Crippen molar-refractivity contribution in [1.82, 2.24) is 4.57 Å². The van der Waals surface area contributed by atoms with Gasteiger partial charge < -0.3 is 9.88 Å². The van der Waals surface area contributed by atoms with E-state index in [2.05, 4.69) is 34.3 Å². The number of hydrogen-bond acceptors (Lipinski definition) is 1.